The van der Waals surface area contributed by atoms with Gasteiger partial charge in [-0.15, -0.1) is 12.4 Å². The molecule has 0 radical (unpaired) electrons. The Kier molecular flexibility index (Phi) is 7.94. The first-order valence-corrected chi connectivity index (χ1v) is 9.34. The minimum absolute atomic E-state index is 0. The summed E-state index contributed by atoms with van der Waals surface area (Å²) in [5.74, 6) is 0.0826. The molecule has 1 saturated heterocycles. The average molecular weight is 397 g/mol. The lowest BCUT2D eigenvalue weighted by Crippen LogP contribution is -2.46. The van der Waals surface area contributed by atoms with Crippen LogP contribution in [-0.2, 0) is 6.54 Å². The molecule has 5 nitrogen and oxygen atoms in total. The van der Waals surface area contributed by atoms with Crippen molar-refractivity contribution in [3.8, 4) is 0 Å². The molecule has 1 aromatic carbocycles. The van der Waals surface area contributed by atoms with Gasteiger partial charge >= 0.3 is 0 Å². The zero-order valence-corrected chi connectivity index (χ0v) is 16.6. The number of piperidine rings is 1. The molecule has 26 heavy (non-hydrogen) atoms. The Morgan fingerprint density at radius 1 is 1.35 bits per heavy atom. The molecule has 0 spiro atoms. The fraction of sp³-hybridized carbons (Fsp3) is 0.474. The van der Waals surface area contributed by atoms with E-state index in [1.165, 1.54) is 0 Å². The number of nitrogens with zero attached hydrogens (tertiary/aromatic N) is 3. The zero-order chi connectivity index (χ0) is 17.6. The van der Waals surface area contributed by atoms with E-state index in [1.54, 1.807) is 10.9 Å². The van der Waals surface area contributed by atoms with Crippen molar-refractivity contribution in [2.45, 2.75) is 38.8 Å². The lowest BCUT2D eigenvalue weighted by atomic mass is 10.0. The lowest BCUT2D eigenvalue weighted by Gasteiger charge is -2.34. The highest BCUT2D eigenvalue weighted by molar-refractivity contribution is 6.31. The fourth-order valence-corrected chi connectivity index (χ4v) is 3.53. The van der Waals surface area contributed by atoms with Crippen LogP contribution in [-0.4, -0.2) is 46.3 Å². The molecule has 3 rings (SSSR count). The lowest BCUT2D eigenvalue weighted by molar-refractivity contribution is 0.0642. The number of halogens is 2. The molecule has 1 aliphatic heterocycles. The molecular weight excluding hydrogens is 371 g/mol. The Morgan fingerprint density at radius 3 is 2.77 bits per heavy atom. The van der Waals surface area contributed by atoms with E-state index in [4.69, 9.17) is 11.6 Å². The normalized spacial score (nSPS) is 14.7. The van der Waals surface area contributed by atoms with E-state index >= 15 is 0 Å². The summed E-state index contributed by atoms with van der Waals surface area (Å²) in [6, 6.07) is 8.03. The first-order valence-electron chi connectivity index (χ1n) is 8.96. The van der Waals surface area contributed by atoms with Crippen LogP contribution in [0, 0.1) is 0 Å². The number of nitrogens with one attached hydrogen (secondary N) is 1. The Balaban J connectivity index is 0.00000243. The van der Waals surface area contributed by atoms with Gasteiger partial charge in [0.25, 0.3) is 5.91 Å². The predicted molar refractivity (Wildman–Crippen MR) is 107 cm³/mol. The highest BCUT2D eigenvalue weighted by Gasteiger charge is 2.26. The summed E-state index contributed by atoms with van der Waals surface area (Å²) < 4.78 is 1.78. The van der Waals surface area contributed by atoms with Crippen molar-refractivity contribution in [2.24, 2.45) is 0 Å². The van der Waals surface area contributed by atoms with E-state index in [2.05, 4.69) is 17.3 Å². The van der Waals surface area contributed by atoms with Gasteiger partial charge in [0.2, 0.25) is 0 Å². The topological polar surface area (TPSA) is 50.2 Å². The highest BCUT2D eigenvalue weighted by atomic mass is 35.5. The zero-order valence-electron chi connectivity index (χ0n) is 15.0. The van der Waals surface area contributed by atoms with Gasteiger partial charge in [0, 0.05) is 23.8 Å². The molecule has 1 aliphatic rings. The van der Waals surface area contributed by atoms with Crippen LogP contribution in [0.25, 0.3) is 0 Å². The Labute approximate surface area is 166 Å². The van der Waals surface area contributed by atoms with Crippen LogP contribution in [0.2, 0.25) is 5.02 Å². The van der Waals surface area contributed by atoms with Gasteiger partial charge in [0.05, 0.1) is 18.3 Å². The monoisotopic (exact) mass is 396 g/mol. The van der Waals surface area contributed by atoms with Crippen LogP contribution >= 0.6 is 24.0 Å². The SMILES string of the molecule is CCCN(C(=O)c1cnn(Cc2ccccc2Cl)c1)C1CCNCC1.Cl. The Morgan fingerprint density at radius 2 is 2.08 bits per heavy atom. The molecule has 2 aromatic rings. The smallest absolute Gasteiger partial charge is 0.257 e. The van der Waals surface area contributed by atoms with E-state index in [0.29, 0.717) is 23.2 Å². The largest absolute Gasteiger partial charge is 0.335 e. The average Bonchev–Trinajstić information content (AvgIpc) is 3.10. The van der Waals surface area contributed by atoms with Crippen LogP contribution in [0.5, 0.6) is 0 Å². The fourth-order valence-electron chi connectivity index (χ4n) is 3.34. The molecule has 0 atom stereocenters. The first kappa shape index (κ1) is 20.7. The standard InChI is InChI=1S/C19H25ClN4O.ClH/c1-2-11-24(17-7-9-21-10-8-17)19(25)16-12-22-23(14-16)13-15-5-3-4-6-18(15)20;/h3-6,12,14,17,21H,2,7-11,13H2,1H3;1H. The van der Waals surface area contributed by atoms with Crippen molar-refractivity contribution in [1.82, 2.24) is 20.0 Å². The summed E-state index contributed by atoms with van der Waals surface area (Å²) in [6.07, 6.45) is 6.49. The number of rotatable bonds is 6. The second-order valence-electron chi connectivity index (χ2n) is 6.50. The van der Waals surface area contributed by atoms with Crippen molar-refractivity contribution in [1.29, 1.82) is 0 Å². The molecule has 1 aromatic heterocycles. The third-order valence-corrected chi connectivity index (χ3v) is 5.01. The third-order valence-electron chi connectivity index (χ3n) is 4.65. The summed E-state index contributed by atoms with van der Waals surface area (Å²) in [4.78, 5) is 15.0. The number of aromatic nitrogens is 2. The summed E-state index contributed by atoms with van der Waals surface area (Å²) in [5, 5.41) is 8.44. The number of hydrogen-bond acceptors (Lipinski definition) is 3. The van der Waals surface area contributed by atoms with Crippen molar-refractivity contribution < 1.29 is 4.79 Å². The molecule has 1 N–H and O–H groups in total. The van der Waals surface area contributed by atoms with Gasteiger partial charge in [0.15, 0.2) is 0 Å². The van der Waals surface area contributed by atoms with Gasteiger partial charge < -0.3 is 10.2 Å². The number of benzene rings is 1. The van der Waals surface area contributed by atoms with Crippen LogP contribution in [0.3, 0.4) is 0 Å². The van der Waals surface area contributed by atoms with Gasteiger partial charge in [-0.2, -0.15) is 5.10 Å². The van der Waals surface area contributed by atoms with Crippen molar-refractivity contribution in [2.75, 3.05) is 19.6 Å². The molecule has 1 amide bonds. The van der Waals surface area contributed by atoms with Gasteiger partial charge in [-0.05, 0) is 44.0 Å². The molecule has 0 bridgehead atoms. The number of carbonyl (C=O) groups excluding carboxylic acids is 1. The second kappa shape index (κ2) is 9.95. The minimum Gasteiger partial charge on any atom is -0.335 e. The maximum absolute atomic E-state index is 13.0. The Hall–Kier alpha value is -1.56. The summed E-state index contributed by atoms with van der Waals surface area (Å²) >= 11 is 6.21. The van der Waals surface area contributed by atoms with Gasteiger partial charge in [0.1, 0.15) is 0 Å². The Bertz CT molecular complexity index is 713. The third kappa shape index (κ3) is 5.00. The second-order valence-corrected chi connectivity index (χ2v) is 6.90. The van der Waals surface area contributed by atoms with Crippen molar-refractivity contribution in [3.05, 3.63) is 52.8 Å². The summed E-state index contributed by atoms with van der Waals surface area (Å²) in [6.45, 7) is 5.42. The molecule has 2 heterocycles. The molecule has 1 fully saturated rings. The van der Waals surface area contributed by atoms with E-state index in [-0.39, 0.29) is 18.3 Å². The van der Waals surface area contributed by atoms with E-state index in [1.807, 2.05) is 35.4 Å². The minimum atomic E-state index is 0. The van der Waals surface area contributed by atoms with Crippen LogP contribution < -0.4 is 5.32 Å². The number of hydrogen-bond donors (Lipinski definition) is 1. The number of amides is 1. The van der Waals surface area contributed by atoms with Crippen LogP contribution in [0.15, 0.2) is 36.7 Å². The first-order chi connectivity index (χ1) is 12.2. The van der Waals surface area contributed by atoms with Crippen LogP contribution in [0.1, 0.15) is 42.1 Å². The molecular formula is C19H26Cl2N4O. The maximum Gasteiger partial charge on any atom is 0.257 e. The van der Waals surface area contributed by atoms with Gasteiger partial charge in [-0.25, -0.2) is 0 Å². The maximum atomic E-state index is 13.0. The van der Waals surface area contributed by atoms with Gasteiger partial charge in [-0.3, -0.25) is 9.48 Å². The van der Waals surface area contributed by atoms with Crippen LogP contribution in [0.4, 0.5) is 0 Å². The highest BCUT2D eigenvalue weighted by Crippen LogP contribution is 2.18. The summed E-state index contributed by atoms with van der Waals surface area (Å²) in [7, 11) is 0. The number of carbonyl (C=O) groups is 1. The molecule has 0 saturated carbocycles. The molecule has 0 aliphatic carbocycles. The van der Waals surface area contributed by atoms with E-state index in [0.717, 1.165) is 44.5 Å². The van der Waals surface area contributed by atoms with Crippen molar-refractivity contribution in [3.63, 3.8) is 0 Å². The van der Waals surface area contributed by atoms with Crippen molar-refractivity contribution >= 4 is 29.9 Å². The molecule has 142 valence electrons. The van der Waals surface area contributed by atoms with E-state index in [9.17, 15) is 4.79 Å². The van der Waals surface area contributed by atoms with E-state index < -0.39 is 0 Å². The predicted octanol–water partition coefficient (Wildman–Crippen LogP) is 3.61. The quantitative estimate of drug-likeness (QED) is 0.810. The summed E-state index contributed by atoms with van der Waals surface area (Å²) in [5.41, 5.74) is 1.65. The van der Waals surface area contributed by atoms with Gasteiger partial charge in [-0.1, -0.05) is 36.7 Å². The molecule has 0 unspecified atom stereocenters. The molecule has 7 heteroatoms.